The van der Waals surface area contributed by atoms with Crippen LogP contribution in [0, 0.1) is 17.2 Å². The molecule has 1 saturated heterocycles. The first kappa shape index (κ1) is 10.4. The van der Waals surface area contributed by atoms with Crippen molar-refractivity contribution in [3.05, 3.63) is 23.9 Å². The minimum Gasteiger partial charge on any atom is -0.481 e. The fourth-order valence-electron chi connectivity index (χ4n) is 1.79. The van der Waals surface area contributed by atoms with Crippen molar-refractivity contribution in [3.63, 3.8) is 0 Å². The molecule has 16 heavy (non-hydrogen) atoms. The SMILES string of the molecule is N#Cc1cccc(N2CC(CC(=O)O)C2)n1. The van der Waals surface area contributed by atoms with Gasteiger partial charge in [-0.05, 0) is 12.1 Å². The zero-order valence-electron chi connectivity index (χ0n) is 8.63. The summed E-state index contributed by atoms with van der Waals surface area (Å²) in [6.45, 7) is 1.41. The average Bonchev–Trinajstić information content (AvgIpc) is 2.22. The Morgan fingerprint density at radius 3 is 3.00 bits per heavy atom. The van der Waals surface area contributed by atoms with Crippen LogP contribution in [0.5, 0.6) is 0 Å². The zero-order valence-corrected chi connectivity index (χ0v) is 8.63. The lowest BCUT2D eigenvalue weighted by atomic mass is 9.96. The van der Waals surface area contributed by atoms with Crippen LogP contribution >= 0.6 is 0 Å². The number of rotatable bonds is 3. The molecule has 1 N–H and O–H groups in total. The van der Waals surface area contributed by atoms with E-state index in [9.17, 15) is 4.79 Å². The Hall–Kier alpha value is -2.09. The van der Waals surface area contributed by atoms with E-state index in [4.69, 9.17) is 10.4 Å². The molecule has 2 rings (SSSR count). The van der Waals surface area contributed by atoms with Gasteiger partial charge in [0.15, 0.2) is 0 Å². The number of nitriles is 1. The van der Waals surface area contributed by atoms with Crippen molar-refractivity contribution in [1.29, 1.82) is 5.26 Å². The molecule has 1 aromatic heterocycles. The Morgan fingerprint density at radius 1 is 1.62 bits per heavy atom. The molecule has 5 heteroatoms. The number of aliphatic carboxylic acids is 1. The number of pyridine rings is 1. The Bertz CT molecular complexity index is 447. The van der Waals surface area contributed by atoms with Gasteiger partial charge in [-0.2, -0.15) is 5.26 Å². The molecular weight excluding hydrogens is 206 g/mol. The van der Waals surface area contributed by atoms with Gasteiger partial charge in [-0.1, -0.05) is 6.07 Å². The summed E-state index contributed by atoms with van der Waals surface area (Å²) in [5, 5.41) is 17.3. The Kier molecular flexibility index (Phi) is 2.73. The van der Waals surface area contributed by atoms with E-state index in [0.29, 0.717) is 18.8 Å². The van der Waals surface area contributed by atoms with Gasteiger partial charge in [0.2, 0.25) is 0 Å². The molecule has 1 aromatic rings. The molecular formula is C11H11N3O2. The van der Waals surface area contributed by atoms with Crippen LogP contribution in [0.1, 0.15) is 12.1 Å². The van der Waals surface area contributed by atoms with Gasteiger partial charge in [-0.25, -0.2) is 4.98 Å². The van der Waals surface area contributed by atoms with Gasteiger partial charge in [-0.15, -0.1) is 0 Å². The van der Waals surface area contributed by atoms with Crippen molar-refractivity contribution in [2.45, 2.75) is 6.42 Å². The number of hydrogen-bond donors (Lipinski definition) is 1. The Morgan fingerprint density at radius 2 is 2.38 bits per heavy atom. The zero-order chi connectivity index (χ0) is 11.5. The van der Waals surface area contributed by atoms with Gasteiger partial charge in [0.1, 0.15) is 17.6 Å². The maximum absolute atomic E-state index is 10.5. The number of carboxylic acids is 1. The van der Waals surface area contributed by atoms with Crippen LogP contribution < -0.4 is 4.90 Å². The standard InChI is InChI=1S/C11H11N3O2/c12-5-9-2-1-3-10(13-9)14-6-8(7-14)4-11(15)16/h1-3,8H,4,6-7H2,(H,15,16). The van der Waals surface area contributed by atoms with Gasteiger partial charge < -0.3 is 10.0 Å². The lowest BCUT2D eigenvalue weighted by Gasteiger charge is -2.39. The highest BCUT2D eigenvalue weighted by molar-refractivity contribution is 5.67. The topological polar surface area (TPSA) is 77.2 Å². The lowest BCUT2D eigenvalue weighted by molar-refractivity contribution is -0.138. The first-order chi connectivity index (χ1) is 7.69. The normalized spacial score (nSPS) is 15.3. The molecule has 0 aliphatic carbocycles. The van der Waals surface area contributed by atoms with Gasteiger partial charge in [0, 0.05) is 19.0 Å². The maximum Gasteiger partial charge on any atom is 0.303 e. The molecule has 1 aliphatic heterocycles. The Labute approximate surface area is 92.9 Å². The summed E-state index contributed by atoms with van der Waals surface area (Å²) in [5.41, 5.74) is 0.388. The molecule has 82 valence electrons. The van der Waals surface area contributed by atoms with Crippen LogP contribution in [0.2, 0.25) is 0 Å². The van der Waals surface area contributed by atoms with Gasteiger partial charge in [-0.3, -0.25) is 4.79 Å². The van der Waals surface area contributed by atoms with Crippen LogP contribution in [0.3, 0.4) is 0 Å². The lowest BCUT2D eigenvalue weighted by Crippen LogP contribution is -2.48. The van der Waals surface area contributed by atoms with E-state index < -0.39 is 5.97 Å². The van der Waals surface area contributed by atoms with E-state index in [1.807, 2.05) is 17.0 Å². The molecule has 0 unspecified atom stereocenters. The number of anilines is 1. The summed E-state index contributed by atoms with van der Waals surface area (Å²) in [5.74, 6) is 0.189. The van der Waals surface area contributed by atoms with Crippen LogP contribution in [0.4, 0.5) is 5.82 Å². The van der Waals surface area contributed by atoms with Crippen molar-refractivity contribution in [2.24, 2.45) is 5.92 Å². The third-order valence-corrected chi connectivity index (χ3v) is 2.59. The van der Waals surface area contributed by atoms with Crippen molar-refractivity contribution in [2.75, 3.05) is 18.0 Å². The summed E-state index contributed by atoms with van der Waals surface area (Å²) >= 11 is 0. The summed E-state index contributed by atoms with van der Waals surface area (Å²) in [6.07, 6.45) is 0.203. The first-order valence-corrected chi connectivity index (χ1v) is 5.03. The van der Waals surface area contributed by atoms with Gasteiger partial charge in [0.05, 0.1) is 6.42 Å². The second kappa shape index (κ2) is 4.19. The average molecular weight is 217 g/mol. The van der Waals surface area contributed by atoms with Crippen LogP contribution in [0.15, 0.2) is 18.2 Å². The predicted octanol–water partition coefficient (Wildman–Crippen LogP) is 0.864. The monoisotopic (exact) mass is 217 g/mol. The van der Waals surface area contributed by atoms with E-state index in [0.717, 1.165) is 5.82 Å². The molecule has 2 heterocycles. The molecule has 5 nitrogen and oxygen atoms in total. The second-order valence-electron chi connectivity index (χ2n) is 3.86. The number of carboxylic acid groups (broad SMARTS) is 1. The minimum absolute atomic E-state index is 0.199. The first-order valence-electron chi connectivity index (χ1n) is 5.03. The summed E-state index contributed by atoms with van der Waals surface area (Å²) in [7, 11) is 0. The molecule has 0 saturated carbocycles. The van der Waals surface area contributed by atoms with Crippen molar-refractivity contribution < 1.29 is 9.90 Å². The number of carbonyl (C=O) groups is 1. The minimum atomic E-state index is -0.761. The smallest absolute Gasteiger partial charge is 0.303 e. The second-order valence-corrected chi connectivity index (χ2v) is 3.86. The summed E-state index contributed by atoms with van der Waals surface area (Å²) in [4.78, 5) is 16.6. The van der Waals surface area contributed by atoms with Gasteiger partial charge >= 0.3 is 5.97 Å². The molecule has 0 spiro atoms. The third kappa shape index (κ3) is 2.11. The molecule has 0 aromatic carbocycles. The van der Waals surface area contributed by atoms with Crippen LogP contribution in [-0.2, 0) is 4.79 Å². The predicted molar refractivity (Wildman–Crippen MR) is 56.9 cm³/mol. The highest BCUT2D eigenvalue weighted by atomic mass is 16.4. The molecule has 0 radical (unpaired) electrons. The number of hydrogen-bond acceptors (Lipinski definition) is 4. The van der Waals surface area contributed by atoms with E-state index in [1.54, 1.807) is 12.1 Å². The molecule has 1 aliphatic rings. The molecule has 0 amide bonds. The van der Waals surface area contributed by atoms with E-state index >= 15 is 0 Å². The fourth-order valence-corrected chi connectivity index (χ4v) is 1.79. The number of aromatic nitrogens is 1. The summed E-state index contributed by atoms with van der Waals surface area (Å²) < 4.78 is 0. The van der Waals surface area contributed by atoms with Gasteiger partial charge in [0.25, 0.3) is 0 Å². The highest BCUT2D eigenvalue weighted by Gasteiger charge is 2.29. The molecule has 1 fully saturated rings. The highest BCUT2D eigenvalue weighted by Crippen LogP contribution is 2.24. The largest absolute Gasteiger partial charge is 0.481 e. The van der Waals surface area contributed by atoms with Crippen LogP contribution in [-0.4, -0.2) is 29.1 Å². The Balaban J connectivity index is 1.96. The fraction of sp³-hybridized carbons (Fsp3) is 0.364. The number of nitrogens with zero attached hydrogens (tertiary/aromatic N) is 3. The van der Waals surface area contributed by atoms with Crippen molar-refractivity contribution >= 4 is 11.8 Å². The van der Waals surface area contributed by atoms with E-state index in [-0.39, 0.29) is 12.3 Å². The molecule has 0 atom stereocenters. The third-order valence-electron chi connectivity index (χ3n) is 2.59. The molecule has 0 bridgehead atoms. The van der Waals surface area contributed by atoms with E-state index in [1.165, 1.54) is 0 Å². The van der Waals surface area contributed by atoms with E-state index in [2.05, 4.69) is 4.98 Å². The maximum atomic E-state index is 10.5. The van der Waals surface area contributed by atoms with Crippen LogP contribution in [0.25, 0.3) is 0 Å². The van der Waals surface area contributed by atoms with Crippen molar-refractivity contribution in [3.8, 4) is 6.07 Å². The van der Waals surface area contributed by atoms with Crippen molar-refractivity contribution in [1.82, 2.24) is 4.98 Å². The summed E-state index contributed by atoms with van der Waals surface area (Å²) in [6, 6.07) is 7.25. The quantitative estimate of drug-likeness (QED) is 0.812.